The van der Waals surface area contributed by atoms with E-state index in [-0.39, 0.29) is 6.61 Å². The average molecular weight is 290 g/mol. The topological polar surface area (TPSA) is 64.4 Å². The molecular formula is C15H15FN2O3. The molecule has 2 aromatic rings. The van der Waals surface area contributed by atoms with Crippen LogP contribution in [0.3, 0.4) is 0 Å². The summed E-state index contributed by atoms with van der Waals surface area (Å²) in [5, 5.41) is 13.6. The average Bonchev–Trinajstić information content (AvgIpc) is 2.45. The number of halogens is 1. The Kier molecular flexibility index (Phi) is 4.84. The number of ether oxygens (including phenoxy) is 1. The van der Waals surface area contributed by atoms with Crippen LogP contribution in [0, 0.1) is 15.9 Å². The molecule has 0 spiro atoms. The van der Waals surface area contributed by atoms with Crippen molar-refractivity contribution >= 4 is 5.69 Å². The van der Waals surface area contributed by atoms with Crippen LogP contribution in [0.25, 0.3) is 0 Å². The highest BCUT2D eigenvalue weighted by molar-refractivity contribution is 5.35. The molecule has 0 saturated carbocycles. The van der Waals surface area contributed by atoms with E-state index in [1.807, 2.05) is 25.2 Å². The van der Waals surface area contributed by atoms with Gasteiger partial charge < -0.3 is 10.1 Å². The Morgan fingerprint density at radius 2 is 2.05 bits per heavy atom. The van der Waals surface area contributed by atoms with Gasteiger partial charge in [0.15, 0.2) is 0 Å². The van der Waals surface area contributed by atoms with Crippen LogP contribution in [-0.2, 0) is 13.2 Å². The van der Waals surface area contributed by atoms with Gasteiger partial charge in [0.05, 0.1) is 4.92 Å². The maximum atomic E-state index is 13.5. The SMILES string of the molecule is CNCc1cccc(OCc2ccc([N+](=O)[O-])c(F)c2)c1. The summed E-state index contributed by atoms with van der Waals surface area (Å²) in [4.78, 5) is 9.79. The zero-order valence-corrected chi connectivity index (χ0v) is 11.5. The predicted octanol–water partition coefficient (Wildman–Crippen LogP) is 3.03. The number of nitrogens with zero attached hydrogens (tertiary/aromatic N) is 1. The van der Waals surface area contributed by atoms with Crippen LogP contribution in [0.15, 0.2) is 42.5 Å². The molecule has 0 saturated heterocycles. The molecule has 5 nitrogen and oxygen atoms in total. The fourth-order valence-electron chi connectivity index (χ4n) is 1.90. The van der Waals surface area contributed by atoms with Gasteiger partial charge in [0.1, 0.15) is 12.4 Å². The first kappa shape index (κ1) is 14.9. The summed E-state index contributed by atoms with van der Waals surface area (Å²) in [6, 6.07) is 11.3. The van der Waals surface area contributed by atoms with E-state index in [9.17, 15) is 14.5 Å². The van der Waals surface area contributed by atoms with Crippen LogP contribution in [0.1, 0.15) is 11.1 Å². The molecule has 2 rings (SSSR count). The highest BCUT2D eigenvalue weighted by Crippen LogP contribution is 2.20. The molecule has 0 heterocycles. The summed E-state index contributed by atoms with van der Waals surface area (Å²) >= 11 is 0. The molecular weight excluding hydrogens is 275 g/mol. The highest BCUT2D eigenvalue weighted by Gasteiger charge is 2.13. The molecule has 0 atom stereocenters. The van der Waals surface area contributed by atoms with E-state index in [0.29, 0.717) is 11.3 Å². The first-order valence-electron chi connectivity index (χ1n) is 6.39. The Morgan fingerprint density at radius 1 is 1.24 bits per heavy atom. The highest BCUT2D eigenvalue weighted by atomic mass is 19.1. The standard InChI is InChI=1S/C15H15FN2O3/c1-17-9-11-3-2-4-13(7-11)21-10-12-5-6-15(18(19)20)14(16)8-12/h2-8,17H,9-10H2,1H3. The van der Waals surface area contributed by atoms with E-state index in [2.05, 4.69) is 5.32 Å². The molecule has 0 aliphatic heterocycles. The van der Waals surface area contributed by atoms with Crippen molar-refractivity contribution in [2.45, 2.75) is 13.2 Å². The van der Waals surface area contributed by atoms with E-state index in [1.54, 1.807) is 6.07 Å². The summed E-state index contributed by atoms with van der Waals surface area (Å²) in [5.41, 5.74) is 1.08. The molecule has 110 valence electrons. The lowest BCUT2D eigenvalue weighted by molar-refractivity contribution is -0.387. The first-order chi connectivity index (χ1) is 10.1. The minimum atomic E-state index is -0.856. The third kappa shape index (κ3) is 4.00. The minimum absolute atomic E-state index is 0.151. The number of nitrogens with one attached hydrogen (secondary N) is 1. The number of benzene rings is 2. The molecule has 0 aliphatic carbocycles. The van der Waals surface area contributed by atoms with Crippen LogP contribution in [0.4, 0.5) is 10.1 Å². The van der Waals surface area contributed by atoms with Crippen LogP contribution < -0.4 is 10.1 Å². The van der Waals surface area contributed by atoms with Crippen LogP contribution in [0.2, 0.25) is 0 Å². The second-order valence-corrected chi connectivity index (χ2v) is 4.51. The van der Waals surface area contributed by atoms with E-state index in [4.69, 9.17) is 4.74 Å². The number of hydrogen-bond donors (Lipinski definition) is 1. The van der Waals surface area contributed by atoms with E-state index in [1.165, 1.54) is 6.07 Å². The van der Waals surface area contributed by atoms with Crippen molar-refractivity contribution in [3.05, 3.63) is 69.5 Å². The van der Waals surface area contributed by atoms with Gasteiger partial charge in [-0.1, -0.05) is 12.1 Å². The second kappa shape index (κ2) is 6.81. The van der Waals surface area contributed by atoms with E-state index >= 15 is 0 Å². The largest absolute Gasteiger partial charge is 0.489 e. The fourth-order valence-corrected chi connectivity index (χ4v) is 1.90. The lowest BCUT2D eigenvalue weighted by Gasteiger charge is -2.08. The molecule has 1 N–H and O–H groups in total. The Labute approximate surface area is 121 Å². The lowest BCUT2D eigenvalue weighted by atomic mass is 10.2. The number of nitro groups is 1. The van der Waals surface area contributed by atoms with E-state index < -0.39 is 16.4 Å². The zero-order chi connectivity index (χ0) is 15.2. The van der Waals surface area contributed by atoms with Crippen LogP contribution in [0.5, 0.6) is 5.75 Å². The first-order valence-corrected chi connectivity index (χ1v) is 6.39. The number of hydrogen-bond acceptors (Lipinski definition) is 4. The van der Waals surface area contributed by atoms with Crippen molar-refractivity contribution in [2.75, 3.05) is 7.05 Å². The maximum absolute atomic E-state index is 13.5. The molecule has 2 aromatic carbocycles. The van der Waals surface area contributed by atoms with Gasteiger partial charge >= 0.3 is 5.69 Å². The number of nitro benzene ring substituents is 1. The van der Waals surface area contributed by atoms with Crippen molar-refractivity contribution in [3.8, 4) is 5.75 Å². The third-order valence-corrected chi connectivity index (χ3v) is 2.89. The third-order valence-electron chi connectivity index (χ3n) is 2.89. The van der Waals surface area contributed by atoms with Crippen molar-refractivity contribution in [1.82, 2.24) is 5.32 Å². The predicted molar refractivity (Wildman–Crippen MR) is 76.6 cm³/mol. The Morgan fingerprint density at radius 3 is 2.71 bits per heavy atom. The molecule has 0 fully saturated rings. The van der Waals surface area contributed by atoms with Gasteiger partial charge in [-0.15, -0.1) is 0 Å². The Hall–Kier alpha value is -2.47. The van der Waals surface area contributed by atoms with Gasteiger partial charge in [0, 0.05) is 12.6 Å². The molecule has 0 bridgehead atoms. The van der Waals surface area contributed by atoms with Gasteiger partial charge in [0.25, 0.3) is 0 Å². The summed E-state index contributed by atoms with van der Waals surface area (Å²) in [5.74, 6) is -0.188. The normalized spacial score (nSPS) is 10.4. The smallest absolute Gasteiger partial charge is 0.304 e. The summed E-state index contributed by atoms with van der Waals surface area (Å²) in [6.07, 6.45) is 0. The summed E-state index contributed by atoms with van der Waals surface area (Å²) in [6.45, 7) is 0.876. The van der Waals surface area contributed by atoms with Crippen molar-refractivity contribution in [3.63, 3.8) is 0 Å². The van der Waals surface area contributed by atoms with Crippen molar-refractivity contribution < 1.29 is 14.1 Å². The molecule has 0 aromatic heterocycles. The fraction of sp³-hybridized carbons (Fsp3) is 0.200. The molecule has 0 unspecified atom stereocenters. The van der Waals surface area contributed by atoms with E-state index in [0.717, 1.165) is 24.2 Å². The maximum Gasteiger partial charge on any atom is 0.304 e. The van der Waals surface area contributed by atoms with Gasteiger partial charge in [-0.3, -0.25) is 10.1 Å². The lowest BCUT2D eigenvalue weighted by Crippen LogP contribution is -2.05. The minimum Gasteiger partial charge on any atom is -0.489 e. The molecule has 6 heteroatoms. The second-order valence-electron chi connectivity index (χ2n) is 4.51. The Bertz CT molecular complexity index is 647. The zero-order valence-electron chi connectivity index (χ0n) is 11.5. The van der Waals surface area contributed by atoms with Gasteiger partial charge in [-0.2, -0.15) is 4.39 Å². The summed E-state index contributed by atoms with van der Waals surface area (Å²) in [7, 11) is 1.85. The van der Waals surface area contributed by atoms with Crippen LogP contribution in [-0.4, -0.2) is 12.0 Å². The number of rotatable bonds is 6. The van der Waals surface area contributed by atoms with Crippen LogP contribution >= 0.6 is 0 Å². The monoisotopic (exact) mass is 290 g/mol. The van der Waals surface area contributed by atoms with Gasteiger partial charge in [0.2, 0.25) is 5.82 Å². The Balaban J connectivity index is 2.04. The molecule has 0 aliphatic rings. The van der Waals surface area contributed by atoms with Crippen molar-refractivity contribution in [2.24, 2.45) is 0 Å². The summed E-state index contributed by atoms with van der Waals surface area (Å²) < 4.78 is 19.1. The van der Waals surface area contributed by atoms with Crippen molar-refractivity contribution in [1.29, 1.82) is 0 Å². The molecule has 0 radical (unpaired) electrons. The molecule has 21 heavy (non-hydrogen) atoms. The van der Waals surface area contributed by atoms with Gasteiger partial charge in [-0.25, -0.2) is 0 Å². The quantitative estimate of drug-likeness (QED) is 0.656. The van der Waals surface area contributed by atoms with Gasteiger partial charge in [-0.05, 0) is 42.4 Å². The molecule has 0 amide bonds.